The zero-order valence-electron chi connectivity index (χ0n) is 8.71. The first-order chi connectivity index (χ1) is 7.18. The van der Waals surface area contributed by atoms with E-state index in [4.69, 9.17) is 22.1 Å². The van der Waals surface area contributed by atoms with E-state index in [9.17, 15) is 0 Å². The summed E-state index contributed by atoms with van der Waals surface area (Å²) in [6, 6.07) is 7.44. The molecule has 0 atom stereocenters. The molecule has 0 amide bonds. The van der Waals surface area contributed by atoms with Gasteiger partial charge in [0.05, 0.1) is 6.61 Å². The van der Waals surface area contributed by atoms with E-state index in [0.29, 0.717) is 0 Å². The second kappa shape index (κ2) is 4.42. The molecule has 0 spiro atoms. The van der Waals surface area contributed by atoms with Crippen LogP contribution in [0.2, 0.25) is 5.02 Å². The van der Waals surface area contributed by atoms with Crippen LogP contribution in [0.3, 0.4) is 0 Å². The first-order valence-electron chi connectivity index (χ1n) is 5.35. The average molecular weight is 226 g/mol. The fourth-order valence-electron chi connectivity index (χ4n) is 1.56. The maximum atomic E-state index is 5.97. The Morgan fingerprint density at radius 1 is 1.27 bits per heavy atom. The maximum Gasteiger partial charge on any atom is 0.119 e. The molecule has 2 rings (SSSR count). The molecule has 1 aromatic carbocycles. The molecular weight excluding hydrogens is 210 g/mol. The Morgan fingerprint density at radius 2 is 1.93 bits per heavy atom. The van der Waals surface area contributed by atoms with Crippen LogP contribution in [-0.4, -0.2) is 12.1 Å². The van der Waals surface area contributed by atoms with Crippen LogP contribution >= 0.6 is 11.6 Å². The molecule has 1 aromatic rings. The van der Waals surface area contributed by atoms with Crippen LogP contribution in [0.15, 0.2) is 24.3 Å². The summed E-state index contributed by atoms with van der Waals surface area (Å²) in [4.78, 5) is 0. The monoisotopic (exact) mass is 225 g/mol. The molecule has 0 aliphatic heterocycles. The van der Waals surface area contributed by atoms with E-state index in [1.54, 1.807) is 0 Å². The van der Waals surface area contributed by atoms with Crippen LogP contribution in [0.25, 0.3) is 0 Å². The van der Waals surface area contributed by atoms with Gasteiger partial charge in [0.25, 0.3) is 0 Å². The molecule has 15 heavy (non-hydrogen) atoms. The fourth-order valence-corrected chi connectivity index (χ4v) is 1.68. The van der Waals surface area contributed by atoms with Crippen LogP contribution in [0, 0.1) is 0 Å². The van der Waals surface area contributed by atoms with Crippen molar-refractivity contribution in [2.24, 2.45) is 5.73 Å². The van der Waals surface area contributed by atoms with Crippen molar-refractivity contribution in [3.05, 3.63) is 29.3 Å². The van der Waals surface area contributed by atoms with E-state index < -0.39 is 0 Å². The lowest BCUT2D eigenvalue weighted by Gasteiger charge is -2.09. The first-order valence-corrected chi connectivity index (χ1v) is 5.73. The third-order valence-corrected chi connectivity index (χ3v) is 3.05. The standard InChI is InChI=1S/C12H16ClNO/c13-10-2-4-11(5-3-10)15-9-1-6-12(14)7-8-12/h2-5H,1,6-9,14H2. The molecule has 1 aliphatic carbocycles. The van der Waals surface area contributed by atoms with Gasteiger partial charge in [-0.3, -0.25) is 0 Å². The minimum absolute atomic E-state index is 0.142. The van der Waals surface area contributed by atoms with Gasteiger partial charge in [0.1, 0.15) is 5.75 Å². The first kappa shape index (κ1) is 10.8. The molecule has 0 saturated heterocycles. The maximum absolute atomic E-state index is 5.97. The van der Waals surface area contributed by atoms with Gasteiger partial charge in [-0.25, -0.2) is 0 Å². The minimum atomic E-state index is 0.142. The van der Waals surface area contributed by atoms with Crippen molar-refractivity contribution in [1.82, 2.24) is 0 Å². The predicted octanol–water partition coefficient (Wildman–Crippen LogP) is 2.99. The second-order valence-electron chi connectivity index (χ2n) is 4.27. The quantitative estimate of drug-likeness (QED) is 0.782. The minimum Gasteiger partial charge on any atom is -0.494 e. The SMILES string of the molecule is NC1(CCCOc2ccc(Cl)cc2)CC1. The molecule has 2 N–H and O–H groups in total. The van der Waals surface area contributed by atoms with Crippen molar-refractivity contribution < 1.29 is 4.74 Å². The van der Waals surface area contributed by atoms with Gasteiger partial charge in [-0.05, 0) is 49.9 Å². The molecule has 1 aliphatic rings. The molecule has 0 unspecified atom stereocenters. The highest BCUT2D eigenvalue weighted by atomic mass is 35.5. The highest BCUT2D eigenvalue weighted by Crippen LogP contribution is 2.36. The van der Waals surface area contributed by atoms with E-state index in [0.717, 1.165) is 30.2 Å². The van der Waals surface area contributed by atoms with Gasteiger partial charge in [-0.2, -0.15) is 0 Å². The zero-order valence-corrected chi connectivity index (χ0v) is 9.46. The summed E-state index contributed by atoms with van der Waals surface area (Å²) in [5.74, 6) is 0.876. The summed E-state index contributed by atoms with van der Waals surface area (Å²) >= 11 is 5.77. The normalized spacial score (nSPS) is 17.5. The summed E-state index contributed by atoms with van der Waals surface area (Å²) in [6.07, 6.45) is 4.45. The lowest BCUT2D eigenvalue weighted by molar-refractivity contribution is 0.299. The van der Waals surface area contributed by atoms with Crippen molar-refractivity contribution in [1.29, 1.82) is 0 Å². The van der Waals surface area contributed by atoms with Crippen molar-refractivity contribution in [3.63, 3.8) is 0 Å². The highest BCUT2D eigenvalue weighted by Gasteiger charge is 2.37. The van der Waals surface area contributed by atoms with Gasteiger partial charge in [0.2, 0.25) is 0 Å². The van der Waals surface area contributed by atoms with E-state index in [-0.39, 0.29) is 5.54 Å². The van der Waals surface area contributed by atoms with Crippen molar-refractivity contribution >= 4 is 11.6 Å². The van der Waals surface area contributed by atoms with Crippen LogP contribution in [0.4, 0.5) is 0 Å². The number of ether oxygens (including phenoxy) is 1. The molecular formula is C12H16ClNO. The second-order valence-corrected chi connectivity index (χ2v) is 4.70. The number of nitrogens with two attached hydrogens (primary N) is 1. The molecule has 1 fully saturated rings. The van der Waals surface area contributed by atoms with E-state index in [2.05, 4.69) is 0 Å². The number of benzene rings is 1. The Kier molecular flexibility index (Phi) is 3.17. The molecule has 0 bridgehead atoms. The Hall–Kier alpha value is -0.730. The van der Waals surface area contributed by atoms with E-state index in [1.165, 1.54) is 12.8 Å². The Bertz CT molecular complexity index is 319. The Balaban J connectivity index is 1.67. The van der Waals surface area contributed by atoms with Gasteiger partial charge in [0.15, 0.2) is 0 Å². The van der Waals surface area contributed by atoms with Gasteiger partial charge < -0.3 is 10.5 Å². The van der Waals surface area contributed by atoms with E-state index in [1.807, 2.05) is 24.3 Å². The largest absolute Gasteiger partial charge is 0.494 e. The summed E-state index contributed by atoms with van der Waals surface area (Å²) in [6.45, 7) is 0.737. The van der Waals surface area contributed by atoms with Crippen molar-refractivity contribution in [3.8, 4) is 5.75 Å². The van der Waals surface area contributed by atoms with Crippen LogP contribution < -0.4 is 10.5 Å². The van der Waals surface area contributed by atoms with Crippen molar-refractivity contribution in [2.75, 3.05) is 6.61 Å². The smallest absolute Gasteiger partial charge is 0.119 e. The molecule has 3 heteroatoms. The van der Waals surface area contributed by atoms with Crippen LogP contribution in [0.5, 0.6) is 5.75 Å². The molecule has 0 heterocycles. The third kappa shape index (κ3) is 3.40. The van der Waals surface area contributed by atoms with Gasteiger partial charge in [0, 0.05) is 10.6 Å². The van der Waals surface area contributed by atoms with Gasteiger partial charge >= 0.3 is 0 Å². The van der Waals surface area contributed by atoms with Gasteiger partial charge in [-0.1, -0.05) is 11.6 Å². The zero-order chi connectivity index (χ0) is 10.7. The molecule has 0 aromatic heterocycles. The number of hydrogen-bond donors (Lipinski definition) is 1. The summed E-state index contributed by atoms with van der Waals surface area (Å²) in [5.41, 5.74) is 6.12. The molecule has 0 radical (unpaired) electrons. The van der Waals surface area contributed by atoms with E-state index >= 15 is 0 Å². The molecule has 82 valence electrons. The summed E-state index contributed by atoms with van der Waals surface area (Å²) in [7, 11) is 0. The molecule has 1 saturated carbocycles. The lowest BCUT2D eigenvalue weighted by Crippen LogP contribution is -2.22. The van der Waals surface area contributed by atoms with Crippen LogP contribution in [-0.2, 0) is 0 Å². The molecule has 2 nitrogen and oxygen atoms in total. The van der Waals surface area contributed by atoms with Gasteiger partial charge in [-0.15, -0.1) is 0 Å². The third-order valence-electron chi connectivity index (χ3n) is 2.79. The predicted molar refractivity (Wildman–Crippen MR) is 62.3 cm³/mol. The Morgan fingerprint density at radius 3 is 2.53 bits per heavy atom. The Labute approximate surface area is 95.4 Å². The van der Waals surface area contributed by atoms with Crippen molar-refractivity contribution in [2.45, 2.75) is 31.2 Å². The fraction of sp³-hybridized carbons (Fsp3) is 0.500. The topological polar surface area (TPSA) is 35.2 Å². The summed E-state index contributed by atoms with van der Waals surface area (Å²) in [5, 5.41) is 0.737. The lowest BCUT2D eigenvalue weighted by atomic mass is 10.1. The average Bonchev–Trinajstić information content (AvgIpc) is 2.95. The number of hydrogen-bond acceptors (Lipinski definition) is 2. The number of rotatable bonds is 5. The number of halogens is 1. The summed E-state index contributed by atoms with van der Waals surface area (Å²) < 4.78 is 5.57. The highest BCUT2D eigenvalue weighted by molar-refractivity contribution is 6.30. The van der Waals surface area contributed by atoms with Crippen LogP contribution in [0.1, 0.15) is 25.7 Å².